The highest BCUT2D eigenvalue weighted by atomic mass is 16.6. The Bertz CT molecular complexity index is 1280. The van der Waals surface area contributed by atoms with E-state index in [1.165, 1.54) is 18.2 Å². The van der Waals surface area contributed by atoms with Crippen LogP contribution < -0.4 is 21.3 Å². The molecular weight excluding hydrogens is 482 g/mol. The lowest BCUT2D eigenvalue weighted by Crippen LogP contribution is -2.57. The molecule has 2 aromatic rings. The van der Waals surface area contributed by atoms with Gasteiger partial charge in [0.1, 0.15) is 5.54 Å². The fourth-order valence-electron chi connectivity index (χ4n) is 5.10. The second kappa shape index (κ2) is 10.2. The normalized spacial score (nSPS) is 24.9. The number of carbonyl (C=O) groups is 4. The number of carboxylic acids is 1. The topological polar surface area (TPSA) is 185 Å². The third-order valence-corrected chi connectivity index (χ3v) is 6.72. The number of carbonyl (C=O) groups excluding carboxylic acids is 3. The minimum absolute atomic E-state index is 0.000858. The Morgan fingerprint density at radius 3 is 2.54 bits per heavy atom. The van der Waals surface area contributed by atoms with E-state index < -0.39 is 52.2 Å². The lowest BCUT2D eigenvalue weighted by atomic mass is 9.77. The molecule has 0 radical (unpaired) electrons. The van der Waals surface area contributed by atoms with Crippen molar-refractivity contribution >= 4 is 41.3 Å². The number of nitrogens with one attached hydrogen (secondary N) is 2. The molecule has 12 nitrogen and oxygen atoms in total. The lowest BCUT2D eigenvalue weighted by molar-refractivity contribution is -0.384. The number of imide groups is 1. The number of primary amides is 1. The Kier molecular flexibility index (Phi) is 7.02. The Hall–Kier alpha value is -4.58. The number of nitro groups is 1. The first-order chi connectivity index (χ1) is 17.7. The van der Waals surface area contributed by atoms with E-state index in [9.17, 15) is 34.4 Å². The molecule has 2 saturated heterocycles. The number of rotatable bonds is 9. The number of fused-ring (bicyclic) bond motifs is 1. The van der Waals surface area contributed by atoms with Gasteiger partial charge < -0.3 is 16.2 Å². The van der Waals surface area contributed by atoms with Crippen molar-refractivity contribution < 1.29 is 29.2 Å². The summed E-state index contributed by atoms with van der Waals surface area (Å²) in [7, 11) is 0. The molecular formula is C25H25N5O7. The van der Waals surface area contributed by atoms with E-state index in [1.807, 2.05) is 30.3 Å². The van der Waals surface area contributed by atoms with Gasteiger partial charge in [-0.3, -0.25) is 29.8 Å². The fourth-order valence-corrected chi connectivity index (χ4v) is 5.10. The smallest absolute Gasteiger partial charge is 0.324 e. The van der Waals surface area contributed by atoms with E-state index in [0.717, 1.165) is 16.5 Å². The van der Waals surface area contributed by atoms with Crippen LogP contribution in [0.3, 0.4) is 0 Å². The van der Waals surface area contributed by atoms with Crippen LogP contribution in [0.1, 0.15) is 18.4 Å². The molecule has 5 N–H and O–H groups in total. The molecule has 2 aromatic carbocycles. The molecule has 0 bridgehead atoms. The number of benzene rings is 2. The highest BCUT2D eigenvalue weighted by Crippen LogP contribution is 2.47. The number of urea groups is 1. The molecule has 4 atom stereocenters. The quantitative estimate of drug-likeness (QED) is 0.171. The number of aliphatic carboxylic acids is 1. The SMILES string of the molecule is NC(=O)NCCCC1(C(=O)O)NC(/C=C/c2ccccc2)C2C(=O)N(c3cccc([N+](=O)[O-])c3)C(=O)C21. The molecule has 2 aliphatic heterocycles. The second-order valence-electron chi connectivity index (χ2n) is 8.90. The molecule has 4 unspecified atom stereocenters. The van der Waals surface area contributed by atoms with Crippen LogP contribution in [0, 0.1) is 22.0 Å². The summed E-state index contributed by atoms with van der Waals surface area (Å²) in [5.74, 6) is -5.07. The van der Waals surface area contributed by atoms with Crippen LogP contribution in [-0.4, -0.2) is 52.0 Å². The second-order valence-corrected chi connectivity index (χ2v) is 8.90. The third-order valence-electron chi connectivity index (χ3n) is 6.72. The molecule has 2 fully saturated rings. The Morgan fingerprint density at radius 2 is 1.89 bits per heavy atom. The zero-order valence-corrected chi connectivity index (χ0v) is 19.6. The molecule has 0 aliphatic carbocycles. The van der Waals surface area contributed by atoms with Crippen molar-refractivity contribution in [1.82, 2.24) is 10.6 Å². The zero-order chi connectivity index (χ0) is 26.7. The van der Waals surface area contributed by atoms with Gasteiger partial charge in [-0.05, 0) is 24.5 Å². The van der Waals surface area contributed by atoms with Crippen molar-refractivity contribution in [3.05, 3.63) is 76.4 Å². The third kappa shape index (κ3) is 4.78. The Labute approximate surface area is 211 Å². The van der Waals surface area contributed by atoms with E-state index in [0.29, 0.717) is 0 Å². The number of hydrogen-bond acceptors (Lipinski definition) is 7. The number of hydrogen-bond donors (Lipinski definition) is 4. The Balaban J connectivity index is 1.74. The molecule has 0 saturated carbocycles. The summed E-state index contributed by atoms with van der Waals surface area (Å²) in [5.41, 5.74) is 3.77. The maximum atomic E-state index is 13.7. The summed E-state index contributed by atoms with van der Waals surface area (Å²) in [4.78, 5) is 62.5. The maximum absolute atomic E-state index is 13.7. The van der Waals surface area contributed by atoms with Gasteiger partial charge in [-0.1, -0.05) is 48.6 Å². The average Bonchev–Trinajstić information content (AvgIpc) is 3.34. The Morgan fingerprint density at radius 1 is 1.16 bits per heavy atom. The van der Waals surface area contributed by atoms with Gasteiger partial charge >= 0.3 is 12.0 Å². The first-order valence-electron chi connectivity index (χ1n) is 11.6. The van der Waals surface area contributed by atoms with Crippen molar-refractivity contribution in [3.63, 3.8) is 0 Å². The van der Waals surface area contributed by atoms with Crippen LogP contribution in [0.5, 0.6) is 0 Å². The summed E-state index contributed by atoms with van der Waals surface area (Å²) in [6.45, 7) is 0.0741. The van der Waals surface area contributed by atoms with Gasteiger partial charge in [0.15, 0.2) is 0 Å². The van der Waals surface area contributed by atoms with Crippen LogP contribution in [0.4, 0.5) is 16.2 Å². The molecule has 192 valence electrons. The number of nitro benzene ring substituents is 1. The predicted molar refractivity (Wildman–Crippen MR) is 132 cm³/mol. The monoisotopic (exact) mass is 507 g/mol. The van der Waals surface area contributed by atoms with Crippen molar-refractivity contribution in [2.24, 2.45) is 17.6 Å². The molecule has 12 heteroatoms. The predicted octanol–water partition coefficient (Wildman–Crippen LogP) is 1.66. The van der Waals surface area contributed by atoms with Crippen molar-refractivity contribution in [2.75, 3.05) is 11.4 Å². The van der Waals surface area contributed by atoms with Crippen molar-refractivity contribution in [2.45, 2.75) is 24.4 Å². The van der Waals surface area contributed by atoms with Crippen LogP contribution >= 0.6 is 0 Å². The summed E-state index contributed by atoms with van der Waals surface area (Å²) in [6.07, 6.45) is 3.47. The molecule has 0 spiro atoms. The minimum atomic E-state index is -1.82. The highest BCUT2D eigenvalue weighted by molar-refractivity contribution is 6.24. The van der Waals surface area contributed by atoms with E-state index >= 15 is 0 Å². The summed E-state index contributed by atoms with van der Waals surface area (Å²) >= 11 is 0. The van der Waals surface area contributed by atoms with Crippen LogP contribution in [0.25, 0.3) is 6.08 Å². The van der Waals surface area contributed by atoms with E-state index in [4.69, 9.17) is 5.73 Å². The number of carboxylic acid groups (broad SMARTS) is 1. The minimum Gasteiger partial charge on any atom is -0.480 e. The first-order valence-corrected chi connectivity index (χ1v) is 11.6. The van der Waals surface area contributed by atoms with Gasteiger partial charge in [0.2, 0.25) is 11.8 Å². The van der Waals surface area contributed by atoms with Gasteiger partial charge in [-0.15, -0.1) is 0 Å². The van der Waals surface area contributed by atoms with Crippen molar-refractivity contribution in [3.8, 4) is 0 Å². The molecule has 0 aromatic heterocycles. The van der Waals surface area contributed by atoms with E-state index in [1.54, 1.807) is 12.2 Å². The summed E-state index contributed by atoms with van der Waals surface area (Å²) < 4.78 is 0. The number of nitrogens with two attached hydrogens (primary N) is 1. The zero-order valence-electron chi connectivity index (χ0n) is 19.6. The van der Waals surface area contributed by atoms with Gasteiger partial charge in [-0.2, -0.15) is 0 Å². The van der Waals surface area contributed by atoms with Gasteiger partial charge in [0, 0.05) is 24.7 Å². The largest absolute Gasteiger partial charge is 0.480 e. The molecule has 2 aliphatic rings. The maximum Gasteiger partial charge on any atom is 0.324 e. The van der Waals surface area contributed by atoms with Crippen LogP contribution in [0.2, 0.25) is 0 Å². The number of amides is 4. The molecule has 2 heterocycles. The van der Waals surface area contributed by atoms with E-state index in [2.05, 4.69) is 10.6 Å². The lowest BCUT2D eigenvalue weighted by Gasteiger charge is -2.31. The fraction of sp³-hybridized carbons (Fsp3) is 0.280. The molecule has 4 rings (SSSR count). The van der Waals surface area contributed by atoms with Crippen LogP contribution in [0.15, 0.2) is 60.7 Å². The number of anilines is 1. The van der Waals surface area contributed by atoms with E-state index in [-0.39, 0.29) is 30.8 Å². The molecule has 37 heavy (non-hydrogen) atoms. The number of non-ortho nitro benzene ring substituents is 1. The first kappa shape index (κ1) is 25.5. The number of nitrogens with zero attached hydrogens (tertiary/aromatic N) is 2. The highest BCUT2D eigenvalue weighted by Gasteiger charge is 2.67. The van der Waals surface area contributed by atoms with Gasteiger partial charge in [-0.25, -0.2) is 9.69 Å². The summed E-state index contributed by atoms with van der Waals surface area (Å²) in [5, 5.41) is 27.0. The van der Waals surface area contributed by atoms with Gasteiger partial charge in [0.05, 0.1) is 22.4 Å². The van der Waals surface area contributed by atoms with Crippen LogP contribution in [-0.2, 0) is 14.4 Å². The average molecular weight is 508 g/mol. The summed E-state index contributed by atoms with van der Waals surface area (Å²) in [6, 6.07) is 12.7. The molecule has 4 amide bonds. The van der Waals surface area contributed by atoms with Crippen molar-refractivity contribution in [1.29, 1.82) is 0 Å². The van der Waals surface area contributed by atoms with Gasteiger partial charge in [0.25, 0.3) is 5.69 Å². The standard InChI is InChI=1S/C25H25N5O7/c26-24(35)27-13-5-12-25(23(33)34)20-19(18(28-25)11-10-15-6-2-1-3-7-15)21(31)29(22(20)32)16-8-4-9-17(14-16)30(36)37/h1-4,6-11,14,18-20,28H,5,12-13H2,(H,33,34)(H3,26,27,35)/b11-10+.